The molecule has 1 atom stereocenters. The van der Waals surface area contributed by atoms with Gasteiger partial charge in [-0.05, 0) is 19.4 Å². The Kier molecular flexibility index (Phi) is 6.40. The van der Waals surface area contributed by atoms with Gasteiger partial charge in [0.2, 0.25) is 5.91 Å². The summed E-state index contributed by atoms with van der Waals surface area (Å²) in [7, 11) is 0. The lowest BCUT2D eigenvalue weighted by Gasteiger charge is -2.34. The van der Waals surface area contributed by atoms with Crippen LogP contribution in [0.25, 0.3) is 0 Å². The van der Waals surface area contributed by atoms with E-state index in [-0.39, 0.29) is 18.0 Å². The number of benzene rings is 1. The van der Waals surface area contributed by atoms with Crippen molar-refractivity contribution in [2.24, 2.45) is 0 Å². The summed E-state index contributed by atoms with van der Waals surface area (Å²) in [5.74, 6) is 0.0445. The van der Waals surface area contributed by atoms with Crippen LogP contribution in [0.4, 0.5) is 4.79 Å². The van der Waals surface area contributed by atoms with E-state index in [1.165, 1.54) is 0 Å². The Morgan fingerprint density at radius 1 is 1.13 bits per heavy atom. The predicted octanol–water partition coefficient (Wildman–Crippen LogP) is 1.21. The van der Waals surface area contributed by atoms with Gasteiger partial charge in [-0.25, -0.2) is 4.79 Å². The Hall–Kier alpha value is -2.08. The molecule has 0 aliphatic carbocycles. The third-order valence-corrected chi connectivity index (χ3v) is 4.04. The number of amides is 3. The lowest BCUT2D eigenvalue weighted by molar-refractivity contribution is -0.122. The molecule has 1 heterocycles. The van der Waals surface area contributed by atoms with Gasteiger partial charge in [0, 0.05) is 32.7 Å². The molecule has 1 aromatic rings. The number of piperazine rings is 1. The van der Waals surface area contributed by atoms with Gasteiger partial charge in [-0.3, -0.25) is 9.69 Å². The molecule has 1 aliphatic heterocycles. The van der Waals surface area contributed by atoms with E-state index in [1.54, 1.807) is 0 Å². The maximum Gasteiger partial charge on any atom is 0.317 e. The number of rotatable bonds is 5. The van der Waals surface area contributed by atoms with Gasteiger partial charge >= 0.3 is 6.03 Å². The number of carbonyl (C=O) groups excluding carboxylic acids is 2. The highest BCUT2D eigenvalue weighted by atomic mass is 16.2. The molecule has 126 valence electrons. The Morgan fingerprint density at radius 2 is 1.78 bits per heavy atom. The highest BCUT2D eigenvalue weighted by Crippen LogP contribution is 2.12. The predicted molar refractivity (Wildman–Crippen MR) is 90.1 cm³/mol. The normalized spacial score (nSPS) is 16.7. The zero-order valence-corrected chi connectivity index (χ0v) is 13.9. The van der Waals surface area contributed by atoms with Crippen molar-refractivity contribution in [3.05, 3.63) is 35.9 Å². The zero-order chi connectivity index (χ0) is 16.7. The second kappa shape index (κ2) is 8.53. The van der Waals surface area contributed by atoms with Crippen LogP contribution < -0.4 is 10.6 Å². The summed E-state index contributed by atoms with van der Waals surface area (Å²) in [5.41, 5.74) is 1.09. The number of nitrogens with zero attached hydrogens (tertiary/aromatic N) is 2. The molecule has 2 rings (SSSR count). The van der Waals surface area contributed by atoms with Crippen LogP contribution in [0.2, 0.25) is 0 Å². The average Bonchev–Trinajstić information content (AvgIpc) is 2.56. The van der Waals surface area contributed by atoms with Crippen LogP contribution in [0.3, 0.4) is 0 Å². The molecular weight excluding hydrogens is 292 g/mol. The van der Waals surface area contributed by atoms with Crippen LogP contribution in [0.1, 0.15) is 25.5 Å². The van der Waals surface area contributed by atoms with Gasteiger partial charge < -0.3 is 15.5 Å². The second-order valence-corrected chi connectivity index (χ2v) is 5.80. The van der Waals surface area contributed by atoms with Crippen molar-refractivity contribution in [1.29, 1.82) is 0 Å². The molecule has 0 saturated carbocycles. The van der Waals surface area contributed by atoms with Crippen LogP contribution in [0.15, 0.2) is 30.3 Å². The minimum absolute atomic E-state index is 0.0166. The van der Waals surface area contributed by atoms with Crippen molar-refractivity contribution in [1.82, 2.24) is 20.4 Å². The van der Waals surface area contributed by atoms with E-state index in [0.717, 1.165) is 18.7 Å². The Morgan fingerprint density at radius 3 is 2.39 bits per heavy atom. The van der Waals surface area contributed by atoms with Crippen molar-refractivity contribution in [3.63, 3.8) is 0 Å². The fourth-order valence-corrected chi connectivity index (χ4v) is 2.67. The molecule has 1 saturated heterocycles. The molecule has 1 fully saturated rings. The lowest BCUT2D eigenvalue weighted by Crippen LogP contribution is -2.53. The molecule has 0 bridgehead atoms. The first-order valence-corrected chi connectivity index (χ1v) is 8.19. The van der Waals surface area contributed by atoms with Crippen LogP contribution in [0, 0.1) is 0 Å². The first kappa shape index (κ1) is 17.3. The Bertz CT molecular complexity index is 513. The quantitative estimate of drug-likeness (QED) is 0.858. The van der Waals surface area contributed by atoms with Crippen LogP contribution in [-0.4, -0.2) is 61.0 Å². The van der Waals surface area contributed by atoms with Crippen molar-refractivity contribution >= 4 is 11.9 Å². The first-order chi connectivity index (χ1) is 11.1. The maximum atomic E-state index is 12.3. The van der Waals surface area contributed by atoms with E-state index in [4.69, 9.17) is 0 Å². The Labute approximate surface area is 137 Å². The van der Waals surface area contributed by atoms with Crippen molar-refractivity contribution in [3.8, 4) is 0 Å². The number of hydrogen-bond acceptors (Lipinski definition) is 3. The van der Waals surface area contributed by atoms with Crippen LogP contribution in [-0.2, 0) is 4.79 Å². The molecular formula is C17H26N4O2. The van der Waals surface area contributed by atoms with Gasteiger partial charge in [0.25, 0.3) is 0 Å². The molecule has 1 aromatic carbocycles. The minimum atomic E-state index is -0.0426. The summed E-state index contributed by atoms with van der Waals surface area (Å²) < 4.78 is 0. The van der Waals surface area contributed by atoms with E-state index in [0.29, 0.717) is 26.2 Å². The number of nitrogens with one attached hydrogen (secondary N) is 2. The van der Waals surface area contributed by atoms with Gasteiger partial charge in [0.05, 0.1) is 12.6 Å². The number of likely N-dealkylation sites (N-methyl/N-ethyl adjacent to an activating group) is 1. The number of urea groups is 1. The van der Waals surface area contributed by atoms with E-state index in [1.807, 2.05) is 49.1 Å². The van der Waals surface area contributed by atoms with Crippen LogP contribution >= 0.6 is 0 Å². The topological polar surface area (TPSA) is 64.7 Å². The average molecular weight is 318 g/mol. The number of carbonyl (C=O) groups is 2. The molecule has 6 nitrogen and oxygen atoms in total. The van der Waals surface area contributed by atoms with Gasteiger partial charge in [0.1, 0.15) is 0 Å². The molecule has 0 radical (unpaired) electrons. The summed E-state index contributed by atoms with van der Waals surface area (Å²) in [6.45, 7) is 7.70. The molecule has 1 aliphatic rings. The van der Waals surface area contributed by atoms with Gasteiger partial charge in [-0.1, -0.05) is 30.3 Å². The molecule has 3 amide bonds. The van der Waals surface area contributed by atoms with Crippen molar-refractivity contribution in [2.75, 3.05) is 39.3 Å². The minimum Gasteiger partial charge on any atom is -0.355 e. The molecule has 6 heteroatoms. The van der Waals surface area contributed by atoms with E-state index in [2.05, 4.69) is 15.5 Å². The van der Waals surface area contributed by atoms with Gasteiger partial charge in [0.15, 0.2) is 0 Å². The monoisotopic (exact) mass is 318 g/mol. The molecule has 0 aromatic heterocycles. The van der Waals surface area contributed by atoms with Crippen LogP contribution in [0.5, 0.6) is 0 Å². The summed E-state index contributed by atoms with van der Waals surface area (Å²) in [5, 5.41) is 5.83. The summed E-state index contributed by atoms with van der Waals surface area (Å²) in [4.78, 5) is 27.8. The van der Waals surface area contributed by atoms with Crippen molar-refractivity contribution < 1.29 is 9.59 Å². The lowest BCUT2D eigenvalue weighted by atomic mass is 10.1. The fraction of sp³-hybridized carbons (Fsp3) is 0.529. The maximum absolute atomic E-state index is 12.3. The smallest absolute Gasteiger partial charge is 0.317 e. The van der Waals surface area contributed by atoms with Crippen molar-refractivity contribution in [2.45, 2.75) is 19.9 Å². The van der Waals surface area contributed by atoms with E-state index >= 15 is 0 Å². The molecule has 2 N–H and O–H groups in total. The SMILES string of the molecule is CCNC(=O)CN1CCN(C(=O)NC(C)c2ccccc2)CC1. The summed E-state index contributed by atoms with van der Waals surface area (Å²) >= 11 is 0. The standard InChI is InChI=1S/C17H26N4O2/c1-3-18-16(22)13-20-9-11-21(12-10-20)17(23)19-14(2)15-7-5-4-6-8-15/h4-8,14H,3,9-13H2,1-2H3,(H,18,22)(H,19,23). The largest absolute Gasteiger partial charge is 0.355 e. The van der Waals surface area contributed by atoms with Gasteiger partial charge in [-0.2, -0.15) is 0 Å². The zero-order valence-electron chi connectivity index (χ0n) is 13.9. The summed E-state index contributed by atoms with van der Waals surface area (Å²) in [6.07, 6.45) is 0. The molecule has 1 unspecified atom stereocenters. The highest BCUT2D eigenvalue weighted by Gasteiger charge is 2.23. The summed E-state index contributed by atoms with van der Waals surface area (Å²) in [6, 6.07) is 9.86. The third-order valence-electron chi connectivity index (χ3n) is 4.04. The third kappa shape index (κ3) is 5.25. The van der Waals surface area contributed by atoms with E-state index in [9.17, 15) is 9.59 Å². The second-order valence-electron chi connectivity index (χ2n) is 5.80. The number of hydrogen-bond donors (Lipinski definition) is 2. The highest BCUT2D eigenvalue weighted by molar-refractivity contribution is 5.78. The molecule has 23 heavy (non-hydrogen) atoms. The Balaban J connectivity index is 1.76. The van der Waals surface area contributed by atoms with E-state index < -0.39 is 0 Å². The van der Waals surface area contributed by atoms with Gasteiger partial charge in [-0.15, -0.1) is 0 Å². The first-order valence-electron chi connectivity index (χ1n) is 8.19. The molecule has 0 spiro atoms. The fourth-order valence-electron chi connectivity index (χ4n) is 2.67.